The number of nitrogens with one attached hydrogen (secondary N) is 1. The largest absolute Gasteiger partial charge is 0.326 e. The van der Waals surface area contributed by atoms with E-state index >= 15 is 0 Å². The van der Waals surface area contributed by atoms with Gasteiger partial charge in [-0.25, -0.2) is 13.1 Å². The predicted octanol–water partition coefficient (Wildman–Crippen LogP) is 3.00. The molecule has 0 bridgehead atoms. The fraction of sp³-hybridized carbons (Fsp3) is 0.571. The van der Waals surface area contributed by atoms with Gasteiger partial charge in [-0.05, 0) is 36.8 Å². The molecule has 0 aliphatic carbocycles. The van der Waals surface area contributed by atoms with Gasteiger partial charge in [-0.3, -0.25) is 0 Å². The van der Waals surface area contributed by atoms with Crippen molar-refractivity contribution in [3.8, 4) is 0 Å². The minimum atomic E-state index is -3.64. The quantitative estimate of drug-likeness (QED) is 0.756. The van der Waals surface area contributed by atoms with Crippen molar-refractivity contribution >= 4 is 33.4 Å². The van der Waals surface area contributed by atoms with Gasteiger partial charge < -0.3 is 5.73 Å². The lowest BCUT2D eigenvalue weighted by Gasteiger charge is -2.29. The Morgan fingerprint density at radius 3 is 2.43 bits per heavy atom. The summed E-state index contributed by atoms with van der Waals surface area (Å²) in [6.45, 7) is 4.79. The van der Waals surface area contributed by atoms with Crippen LogP contribution in [-0.2, 0) is 16.6 Å². The van der Waals surface area contributed by atoms with E-state index < -0.39 is 10.0 Å². The van der Waals surface area contributed by atoms with Crippen molar-refractivity contribution in [3.63, 3.8) is 0 Å². The third-order valence-electron chi connectivity index (χ3n) is 3.83. The number of rotatable bonds is 8. The Hall–Kier alpha value is -0.270. The van der Waals surface area contributed by atoms with Crippen molar-refractivity contribution in [1.29, 1.82) is 0 Å². The van der Waals surface area contributed by atoms with E-state index in [9.17, 15) is 8.42 Å². The maximum absolute atomic E-state index is 12.5. The van der Waals surface area contributed by atoms with E-state index in [0.29, 0.717) is 6.54 Å². The molecule has 0 unspecified atom stereocenters. The molecule has 3 N–H and O–H groups in total. The normalized spacial score (nSPS) is 12.6. The van der Waals surface area contributed by atoms with E-state index in [0.717, 1.165) is 18.4 Å². The molecule has 0 saturated carbocycles. The first kappa shape index (κ1) is 18.8. The van der Waals surface area contributed by atoms with E-state index in [2.05, 4.69) is 18.6 Å². The predicted molar refractivity (Wildman–Crippen MR) is 91.4 cm³/mol. The van der Waals surface area contributed by atoms with Crippen LogP contribution in [0.2, 0.25) is 5.02 Å². The highest BCUT2D eigenvalue weighted by atomic mass is 35.5. The van der Waals surface area contributed by atoms with Gasteiger partial charge in [0.25, 0.3) is 0 Å². The zero-order chi connectivity index (χ0) is 16.1. The van der Waals surface area contributed by atoms with Crippen molar-refractivity contribution < 1.29 is 8.42 Å². The van der Waals surface area contributed by atoms with Gasteiger partial charge in [0.2, 0.25) is 10.0 Å². The van der Waals surface area contributed by atoms with Gasteiger partial charge in [0.15, 0.2) is 0 Å². The number of thioether (sulfide) groups is 1. The Labute approximate surface area is 136 Å². The summed E-state index contributed by atoms with van der Waals surface area (Å²) in [6, 6.07) is 4.83. The molecule has 1 aromatic carbocycles. The van der Waals surface area contributed by atoms with Crippen LogP contribution in [-0.4, -0.2) is 26.0 Å². The second-order valence-corrected chi connectivity index (χ2v) is 8.30. The topological polar surface area (TPSA) is 72.2 Å². The highest BCUT2D eigenvalue weighted by Gasteiger charge is 2.28. The van der Waals surface area contributed by atoms with Gasteiger partial charge in [0, 0.05) is 17.8 Å². The molecule has 0 aliphatic rings. The Kier molecular flexibility index (Phi) is 7.00. The molecule has 0 radical (unpaired) electrons. The van der Waals surface area contributed by atoms with Crippen LogP contribution in [0.1, 0.15) is 32.3 Å². The Morgan fingerprint density at radius 2 is 1.95 bits per heavy atom. The van der Waals surface area contributed by atoms with Gasteiger partial charge in [-0.15, -0.1) is 0 Å². The van der Waals surface area contributed by atoms with Crippen LogP contribution in [0.5, 0.6) is 0 Å². The maximum atomic E-state index is 12.5. The van der Waals surface area contributed by atoms with Crippen molar-refractivity contribution in [2.24, 2.45) is 5.73 Å². The molecular weight excluding hydrogens is 328 g/mol. The molecule has 120 valence electrons. The van der Waals surface area contributed by atoms with Crippen molar-refractivity contribution in [2.45, 2.75) is 42.9 Å². The molecule has 0 saturated heterocycles. The van der Waals surface area contributed by atoms with Gasteiger partial charge in [0.1, 0.15) is 4.90 Å². The molecule has 1 aromatic rings. The van der Waals surface area contributed by atoms with Gasteiger partial charge in [-0.1, -0.05) is 31.5 Å². The summed E-state index contributed by atoms with van der Waals surface area (Å²) in [5, 5.41) is 0.211. The summed E-state index contributed by atoms with van der Waals surface area (Å²) in [4.78, 5) is 0.0920. The maximum Gasteiger partial charge on any atom is 0.242 e. The molecule has 0 fully saturated rings. The highest BCUT2D eigenvalue weighted by Crippen LogP contribution is 2.30. The lowest BCUT2D eigenvalue weighted by molar-refractivity contribution is 0.522. The Balaban J connectivity index is 3.02. The average molecular weight is 351 g/mol. The van der Waals surface area contributed by atoms with Gasteiger partial charge in [-0.2, -0.15) is 11.8 Å². The molecule has 0 spiro atoms. The van der Waals surface area contributed by atoms with Gasteiger partial charge >= 0.3 is 0 Å². The van der Waals surface area contributed by atoms with Crippen LogP contribution in [0.4, 0.5) is 0 Å². The van der Waals surface area contributed by atoms with Crippen LogP contribution < -0.4 is 10.5 Å². The van der Waals surface area contributed by atoms with E-state index in [-0.39, 0.29) is 21.2 Å². The number of hydrogen-bond donors (Lipinski definition) is 2. The lowest BCUT2D eigenvalue weighted by atomic mass is 10.0. The second-order valence-electron chi connectivity index (χ2n) is 4.89. The molecule has 0 heterocycles. The van der Waals surface area contributed by atoms with Gasteiger partial charge in [0.05, 0.1) is 5.02 Å². The number of nitrogens with two attached hydrogens (primary N) is 1. The summed E-state index contributed by atoms with van der Waals surface area (Å²) in [5.74, 6) is 0. The Bertz CT molecular complexity index is 564. The van der Waals surface area contributed by atoms with E-state index in [1.54, 1.807) is 23.9 Å². The van der Waals surface area contributed by atoms with Crippen LogP contribution in [0.25, 0.3) is 0 Å². The molecule has 1 rings (SSSR count). The summed E-state index contributed by atoms with van der Waals surface area (Å²) >= 11 is 7.71. The van der Waals surface area contributed by atoms with Crippen LogP contribution >= 0.6 is 23.4 Å². The fourth-order valence-corrected chi connectivity index (χ4v) is 4.61. The van der Waals surface area contributed by atoms with Crippen molar-refractivity contribution in [2.75, 3.05) is 12.8 Å². The molecule has 0 aromatic heterocycles. The van der Waals surface area contributed by atoms with Crippen molar-refractivity contribution in [3.05, 3.63) is 28.8 Å². The average Bonchev–Trinajstić information content (AvgIpc) is 2.49. The van der Waals surface area contributed by atoms with Crippen LogP contribution in [0, 0.1) is 0 Å². The third kappa shape index (κ3) is 4.60. The fourth-order valence-electron chi connectivity index (χ4n) is 2.05. The first-order valence-electron chi connectivity index (χ1n) is 6.87. The molecule has 0 aliphatic heterocycles. The molecule has 4 nitrogen and oxygen atoms in total. The molecule has 0 amide bonds. The lowest BCUT2D eigenvalue weighted by Crippen LogP contribution is -2.39. The summed E-state index contributed by atoms with van der Waals surface area (Å²) < 4.78 is 27.5. The molecule has 7 heteroatoms. The molecule has 0 atom stereocenters. The second kappa shape index (κ2) is 7.83. The minimum absolute atomic E-state index is 0.0920. The number of hydrogen-bond acceptors (Lipinski definition) is 4. The SMILES string of the molecule is CCC(CC)(CNS(=O)(=O)c1cc(CN)ccc1Cl)SC. The minimum Gasteiger partial charge on any atom is -0.326 e. The number of halogens is 1. The van der Waals surface area contributed by atoms with Crippen LogP contribution in [0.3, 0.4) is 0 Å². The van der Waals surface area contributed by atoms with E-state index in [1.165, 1.54) is 6.07 Å². The number of benzene rings is 1. The monoisotopic (exact) mass is 350 g/mol. The first-order valence-corrected chi connectivity index (χ1v) is 9.96. The van der Waals surface area contributed by atoms with Crippen molar-refractivity contribution in [1.82, 2.24) is 4.72 Å². The zero-order valence-corrected chi connectivity index (χ0v) is 15.0. The first-order chi connectivity index (χ1) is 9.84. The van der Waals surface area contributed by atoms with E-state index in [4.69, 9.17) is 17.3 Å². The standard InChI is InChI=1S/C14H23ClN2O2S2/c1-4-14(5-2,20-3)10-17-21(18,19)13-8-11(9-16)6-7-12(13)15/h6-8,17H,4-5,9-10,16H2,1-3H3. The zero-order valence-electron chi connectivity index (χ0n) is 12.6. The molecule has 21 heavy (non-hydrogen) atoms. The molecular formula is C14H23ClN2O2S2. The highest BCUT2D eigenvalue weighted by molar-refractivity contribution is 8.00. The Morgan fingerprint density at radius 1 is 1.33 bits per heavy atom. The third-order valence-corrected chi connectivity index (χ3v) is 7.30. The summed E-state index contributed by atoms with van der Waals surface area (Å²) in [7, 11) is -3.64. The number of sulfonamides is 1. The van der Waals surface area contributed by atoms with E-state index in [1.807, 2.05) is 6.26 Å². The van der Waals surface area contributed by atoms with Crippen LogP contribution in [0.15, 0.2) is 23.1 Å². The smallest absolute Gasteiger partial charge is 0.242 e. The summed E-state index contributed by atoms with van der Waals surface area (Å²) in [6.07, 6.45) is 3.79. The summed E-state index contributed by atoms with van der Waals surface area (Å²) in [5.41, 5.74) is 6.30.